The van der Waals surface area contributed by atoms with Crippen LogP contribution in [0.1, 0.15) is 25.7 Å². The van der Waals surface area contributed by atoms with E-state index in [2.05, 4.69) is 38.4 Å². The number of aromatic nitrogens is 2. The van der Waals surface area contributed by atoms with E-state index in [0.717, 1.165) is 43.8 Å². The van der Waals surface area contributed by atoms with E-state index in [4.69, 9.17) is 0 Å². The lowest BCUT2D eigenvalue weighted by atomic mass is 9.95. The van der Waals surface area contributed by atoms with Crippen molar-refractivity contribution in [3.63, 3.8) is 0 Å². The monoisotopic (exact) mass is 287 g/mol. The van der Waals surface area contributed by atoms with Gasteiger partial charge in [-0.05, 0) is 38.1 Å². The van der Waals surface area contributed by atoms with Crippen molar-refractivity contribution in [2.24, 2.45) is 11.8 Å². The van der Waals surface area contributed by atoms with Gasteiger partial charge in [0.05, 0.1) is 11.9 Å². The van der Waals surface area contributed by atoms with Gasteiger partial charge in [0, 0.05) is 38.3 Å². The molecule has 1 aromatic heterocycles. The molecule has 114 valence electrons. The fourth-order valence-corrected chi connectivity index (χ4v) is 4.28. The van der Waals surface area contributed by atoms with Crippen LogP contribution in [-0.2, 0) is 0 Å². The molecule has 3 fully saturated rings. The molecule has 0 aromatic carbocycles. The Kier molecular flexibility index (Phi) is 3.45. The topological polar surface area (TPSA) is 44.3 Å². The molecule has 5 heteroatoms. The maximum absolute atomic E-state index is 4.30. The summed E-state index contributed by atoms with van der Waals surface area (Å²) in [6.07, 6.45) is 7.48. The molecule has 1 saturated heterocycles. The van der Waals surface area contributed by atoms with Gasteiger partial charge < -0.3 is 15.1 Å². The predicted molar refractivity (Wildman–Crippen MR) is 84.6 cm³/mol. The number of rotatable bonds is 3. The Labute approximate surface area is 126 Å². The van der Waals surface area contributed by atoms with Crippen molar-refractivity contribution in [1.29, 1.82) is 0 Å². The fraction of sp³-hybridized carbons (Fsp3) is 0.750. The predicted octanol–water partition coefficient (Wildman–Crippen LogP) is 1.83. The van der Waals surface area contributed by atoms with Crippen molar-refractivity contribution in [3.8, 4) is 0 Å². The van der Waals surface area contributed by atoms with Gasteiger partial charge in [0.15, 0.2) is 5.82 Å². The van der Waals surface area contributed by atoms with Gasteiger partial charge in [0.1, 0.15) is 0 Å². The van der Waals surface area contributed by atoms with Gasteiger partial charge in [-0.2, -0.15) is 5.10 Å². The molecule has 2 bridgehead atoms. The van der Waals surface area contributed by atoms with E-state index in [9.17, 15) is 0 Å². The minimum Gasteiger partial charge on any atom is -0.368 e. The summed E-state index contributed by atoms with van der Waals surface area (Å²) >= 11 is 0. The van der Waals surface area contributed by atoms with Gasteiger partial charge in [0.2, 0.25) is 0 Å². The Bertz CT molecular complexity index is 497. The van der Waals surface area contributed by atoms with E-state index in [0.29, 0.717) is 6.04 Å². The second-order valence-corrected chi connectivity index (χ2v) is 7.02. The molecule has 0 radical (unpaired) electrons. The van der Waals surface area contributed by atoms with E-state index in [1.807, 2.05) is 6.20 Å². The number of likely N-dealkylation sites (N-methyl/N-ethyl adjacent to an activating group) is 1. The zero-order valence-electron chi connectivity index (χ0n) is 12.8. The molecule has 1 aromatic rings. The SMILES string of the molecule is CN1CCN(c2cnnc(NC3CC4CCC3C4)c2)CC1. The van der Waals surface area contributed by atoms with E-state index in [1.165, 1.54) is 31.4 Å². The van der Waals surface area contributed by atoms with Crippen LogP contribution < -0.4 is 10.2 Å². The molecule has 3 atom stereocenters. The molecule has 3 aliphatic rings. The third kappa shape index (κ3) is 2.71. The fourth-order valence-electron chi connectivity index (χ4n) is 4.28. The molecule has 5 nitrogen and oxygen atoms in total. The number of nitrogens with one attached hydrogen (secondary N) is 1. The second kappa shape index (κ2) is 5.44. The smallest absolute Gasteiger partial charge is 0.150 e. The summed E-state index contributed by atoms with van der Waals surface area (Å²) in [7, 11) is 2.18. The first kappa shape index (κ1) is 13.3. The van der Waals surface area contributed by atoms with Crippen LogP contribution in [0.25, 0.3) is 0 Å². The van der Waals surface area contributed by atoms with Crippen LogP contribution in [0.2, 0.25) is 0 Å². The maximum atomic E-state index is 4.30. The molecule has 0 amide bonds. The van der Waals surface area contributed by atoms with Crippen molar-refractivity contribution in [2.75, 3.05) is 43.4 Å². The molecule has 0 spiro atoms. The van der Waals surface area contributed by atoms with Crippen molar-refractivity contribution < 1.29 is 0 Å². The number of nitrogens with zero attached hydrogens (tertiary/aromatic N) is 4. The first-order valence-corrected chi connectivity index (χ1v) is 8.31. The van der Waals surface area contributed by atoms with Crippen molar-refractivity contribution in [1.82, 2.24) is 15.1 Å². The van der Waals surface area contributed by atoms with Crippen LogP contribution in [0.3, 0.4) is 0 Å². The minimum atomic E-state index is 0.626. The summed E-state index contributed by atoms with van der Waals surface area (Å²) in [5, 5.41) is 12.2. The highest BCUT2D eigenvalue weighted by Gasteiger charge is 2.39. The van der Waals surface area contributed by atoms with E-state index in [-0.39, 0.29) is 0 Å². The van der Waals surface area contributed by atoms with Gasteiger partial charge in [0.25, 0.3) is 0 Å². The lowest BCUT2D eigenvalue weighted by molar-refractivity contribution is 0.312. The lowest BCUT2D eigenvalue weighted by Gasteiger charge is -2.34. The average Bonchev–Trinajstić information content (AvgIpc) is 3.11. The average molecular weight is 287 g/mol. The summed E-state index contributed by atoms with van der Waals surface area (Å²) in [6, 6.07) is 2.81. The van der Waals surface area contributed by atoms with Crippen LogP contribution in [0.4, 0.5) is 11.5 Å². The van der Waals surface area contributed by atoms with Crippen molar-refractivity contribution >= 4 is 11.5 Å². The Hall–Kier alpha value is -1.36. The van der Waals surface area contributed by atoms with Gasteiger partial charge in [-0.25, -0.2) is 0 Å². The third-order valence-corrected chi connectivity index (χ3v) is 5.58. The Balaban J connectivity index is 1.43. The van der Waals surface area contributed by atoms with Gasteiger partial charge in [-0.15, -0.1) is 5.10 Å². The number of piperazine rings is 1. The number of hydrogen-bond donors (Lipinski definition) is 1. The molecule has 3 unspecified atom stereocenters. The van der Waals surface area contributed by atoms with Gasteiger partial charge in [-0.3, -0.25) is 0 Å². The Morgan fingerprint density at radius 3 is 2.71 bits per heavy atom. The normalized spacial score (nSPS) is 32.6. The summed E-state index contributed by atoms with van der Waals surface area (Å²) in [5.41, 5.74) is 1.21. The van der Waals surface area contributed by atoms with Crippen LogP contribution in [0.5, 0.6) is 0 Å². The number of anilines is 2. The molecule has 2 aliphatic carbocycles. The van der Waals surface area contributed by atoms with Gasteiger partial charge in [-0.1, -0.05) is 6.42 Å². The van der Waals surface area contributed by atoms with Crippen LogP contribution in [0, 0.1) is 11.8 Å². The van der Waals surface area contributed by atoms with Crippen LogP contribution >= 0.6 is 0 Å². The Morgan fingerprint density at radius 2 is 2.00 bits per heavy atom. The molecule has 21 heavy (non-hydrogen) atoms. The molecule has 4 rings (SSSR count). The first-order valence-electron chi connectivity index (χ1n) is 8.31. The number of fused-ring (bicyclic) bond motifs is 2. The van der Waals surface area contributed by atoms with E-state index >= 15 is 0 Å². The second-order valence-electron chi connectivity index (χ2n) is 7.02. The summed E-state index contributed by atoms with van der Waals surface area (Å²) < 4.78 is 0. The molecular formula is C16H25N5. The lowest BCUT2D eigenvalue weighted by Crippen LogP contribution is -2.44. The van der Waals surface area contributed by atoms with Crippen LogP contribution in [-0.4, -0.2) is 54.4 Å². The maximum Gasteiger partial charge on any atom is 0.150 e. The molecular weight excluding hydrogens is 262 g/mol. The highest BCUT2D eigenvalue weighted by atomic mass is 15.3. The zero-order valence-corrected chi connectivity index (χ0v) is 12.8. The Morgan fingerprint density at radius 1 is 1.14 bits per heavy atom. The minimum absolute atomic E-state index is 0.626. The number of hydrogen-bond acceptors (Lipinski definition) is 5. The van der Waals surface area contributed by atoms with Crippen molar-refractivity contribution in [3.05, 3.63) is 12.3 Å². The molecule has 2 saturated carbocycles. The summed E-state index contributed by atoms with van der Waals surface area (Å²) in [6.45, 7) is 4.40. The molecule has 2 heterocycles. The summed E-state index contributed by atoms with van der Waals surface area (Å²) in [5.74, 6) is 2.79. The van der Waals surface area contributed by atoms with Crippen LogP contribution in [0.15, 0.2) is 12.3 Å². The quantitative estimate of drug-likeness (QED) is 0.919. The highest BCUT2D eigenvalue weighted by Crippen LogP contribution is 2.45. The zero-order chi connectivity index (χ0) is 14.2. The van der Waals surface area contributed by atoms with Gasteiger partial charge >= 0.3 is 0 Å². The largest absolute Gasteiger partial charge is 0.368 e. The molecule has 1 aliphatic heterocycles. The first-order chi connectivity index (χ1) is 10.3. The van der Waals surface area contributed by atoms with E-state index < -0.39 is 0 Å². The summed E-state index contributed by atoms with van der Waals surface area (Å²) in [4.78, 5) is 4.79. The van der Waals surface area contributed by atoms with E-state index in [1.54, 1.807) is 0 Å². The van der Waals surface area contributed by atoms with Crippen molar-refractivity contribution in [2.45, 2.75) is 31.7 Å². The standard InChI is InChI=1S/C16H25N5/c1-20-4-6-21(7-5-20)14-10-16(19-17-11-14)18-15-9-12-2-3-13(15)8-12/h10-13,15H,2-9H2,1H3,(H,18,19). The third-order valence-electron chi connectivity index (χ3n) is 5.58. The highest BCUT2D eigenvalue weighted by molar-refractivity contribution is 5.53. The molecule has 1 N–H and O–H groups in total.